The molecule has 7 aromatic carbocycles. The first-order chi connectivity index (χ1) is 22.2. The van der Waals surface area contributed by atoms with Gasteiger partial charge in [0.05, 0.1) is 11.1 Å². The Morgan fingerprint density at radius 1 is 0.422 bits per heavy atom. The SMILES string of the molecule is Sc1cccc(-c2cccc(Nc3cccc4oc5cccc(-c6ccc(-c7ccccc7)cc6)c5c34)c2)c1-c1ccccc1. The van der Waals surface area contributed by atoms with Crippen molar-refractivity contribution in [2.24, 2.45) is 0 Å². The third-order valence-corrected chi connectivity index (χ3v) is 8.76. The number of hydrogen-bond donors (Lipinski definition) is 2. The standard InChI is InChI=1S/C42H29NOS/c45-39-22-9-18-35(40(39)31-13-5-2-6-14-31)32-15-7-16-33(27-32)43-36-19-10-21-38-42(36)41-34(17-8-20-37(41)44-38)30-25-23-29(24-26-30)28-11-3-1-4-12-28/h1-27,43,45H. The minimum absolute atomic E-state index is 0.855. The number of nitrogens with one attached hydrogen (secondary N) is 1. The summed E-state index contributed by atoms with van der Waals surface area (Å²) in [4.78, 5) is 0.955. The number of benzene rings is 7. The van der Waals surface area contributed by atoms with Crippen LogP contribution in [0.25, 0.3) is 66.4 Å². The van der Waals surface area contributed by atoms with Crippen LogP contribution in [0.2, 0.25) is 0 Å². The van der Waals surface area contributed by atoms with E-state index in [1.807, 2.05) is 24.3 Å². The molecule has 8 aromatic rings. The Hall–Kier alpha value is -5.51. The first-order valence-electron chi connectivity index (χ1n) is 15.1. The summed E-state index contributed by atoms with van der Waals surface area (Å²) >= 11 is 4.84. The summed E-state index contributed by atoms with van der Waals surface area (Å²) in [6.07, 6.45) is 0. The zero-order valence-corrected chi connectivity index (χ0v) is 25.3. The van der Waals surface area contributed by atoms with Gasteiger partial charge in [-0.05, 0) is 75.3 Å². The molecule has 0 amide bonds. The predicted molar refractivity (Wildman–Crippen MR) is 192 cm³/mol. The van der Waals surface area contributed by atoms with E-state index in [1.54, 1.807) is 0 Å². The van der Waals surface area contributed by atoms with Crippen LogP contribution < -0.4 is 5.32 Å². The molecule has 0 fully saturated rings. The molecule has 0 saturated heterocycles. The van der Waals surface area contributed by atoms with Gasteiger partial charge in [0.2, 0.25) is 0 Å². The normalized spacial score (nSPS) is 11.2. The average Bonchev–Trinajstić information content (AvgIpc) is 3.49. The van der Waals surface area contributed by atoms with Gasteiger partial charge >= 0.3 is 0 Å². The Morgan fingerprint density at radius 3 is 1.78 bits per heavy atom. The summed E-state index contributed by atoms with van der Waals surface area (Å²) in [6, 6.07) is 57.1. The molecule has 214 valence electrons. The number of anilines is 2. The summed E-state index contributed by atoms with van der Waals surface area (Å²) in [6.45, 7) is 0. The molecule has 1 N–H and O–H groups in total. The second kappa shape index (κ2) is 11.5. The summed E-state index contributed by atoms with van der Waals surface area (Å²) in [7, 11) is 0. The largest absolute Gasteiger partial charge is 0.456 e. The molecule has 45 heavy (non-hydrogen) atoms. The van der Waals surface area contributed by atoms with E-state index in [4.69, 9.17) is 17.0 Å². The molecule has 0 spiro atoms. The maximum absolute atomic E-state index is 6.41. The average molecular weight is 596 g/mol. The van der Waals surface area contributed by atoms with Gasteiger partial charge in [-0.1, -0.05) is 127 Å². The zero-order chi connectivity index (χ0) is 30.2. The summed E-state index contributed by atoms with van der Waals surface area (Å²) in [5, 5.41) is 5.92. The molecule has 0 aliphatic heterocycles. The Kier molecular flexibility index (Phi) is 6.94. The van der Waals surface area contributed by atoms with Crippen molar-refractivity contribution >= 4 is 45.9 Å². The van der Waals surface area contributed by atoms with E-state index in [-0.39, 0.29) is 0 Å². The minimum atomic E-state index is 0.855. The number of hydrogen-bond acceptors (Lipinski definition) is 3. The molecule has 0 bridgehead atoms. The lowest BCUT2D eigenvalue weighted by molar-refractivity contribution is 0.669. The van der Waals surface area contributed by atoms with Gasteiger partial charge in [-0.3, -0.25) is 0 Å². The number of thiol groups is 1. The van der Waals surface area contributed by atoms with E-state index in [1.165, 1.54) is 11.1 Å². The zero-order valence-electron chi connectivity index (χ0n) is 24.4. The molecule has 3 heteroatoms. The van der Waals surface area contributed by atoms with E-state index < -0.39 is 0 Å². The Balaban J connectivity index is 1.21. The smallest absolute Gasteiger partial charge is 0.137 e. The highest BCUT2D eigenvalue weighted by molar-refractivity contribution is 7.80. The van der Waals surface area contributed by atoms with E-state index in [2.05, 4.69) is 145 Å². The molecule has 0 aliphatic carbocycles. The summed E-state index contributed by atoms with van der Waals surface area (Å²) in [5.74, 6) is 0. The highest BCUT2D eigenvalue weighted by Gasteiger charge is 2.17. The van der Waals surface area contributed by atoms with Crippen LogP contribution in [-0.4, -0.2) is 0 Å². The molecule has 2 nitrogen and oxygen atoms in total. The maximum Gasteiger partial charge on any atom is 0.137 e. The van der Waals surface area contributed by atoms with Gasteiger partial charge in [0.25, 0.3) is 0 Å². The van der Waals surface area contributed by atoms with Crippen molar-refractivity contribution in [3.05, 3.63) is 164 Å². The van der Waals surface area contributed by atoms with Gasteiger partial charge in [0.15, 0.2) is 0 Å². The Bertz CT molecular complexity index is 2290. The van der Waals surface area contributed by atoms with Crippen LogP contribution in [0.4, 0.5) is 11.4 Å². The molecule has 8 rings (SSSR count). The van der Waals surface area contributed by atoms with Crippen molar-refractivity contribution in [2.75, 3.05) is 5.32 Å². The van der Waals surface area contributed by atoms with E-state index in [9.17, 15) is 0 Å². The Labute approximate surface area is 268 Å². The first kappa shape index (κ1) is 27.1. The number of rotatable bonds is 6. The molecule has 1 heterocycles. The van der Waals surface area contributed by atoms with Gasteiger partial charge < -0.3 is 9.73 Å². The molecule has 0 radical (unpaired) electrons. The van der Waals surface area contributed by atoms with E-state index >= 15 is 0 Å². The van der Waals surface area contributed by atoms with Gasteiger partial charge in [0.1, 0.15) is 11.2 Å². The lowest BCUT2D eigenvalue weighted by atomic mass is 9.94. The molecular formula is C42H29NOS. The highest BCUT2D eigenvalue weighted by atomic mass is 32.1. The molecule has 0 aliphatic rings. The second-order valence-corrected chi connectivity index (χ2v) is 11.7. The predicted octanol–water partition coefficient (Wildman–Crippen LogP) is 12.3. The van der Waals surface area contributed by atoms with Crippen molar-refractivity contribution in [1.82, 2.24) is 0 Å². The highest BCUT2D eigenvalue weighted by Crippen LogP contribution is 2.42. The van der Waals surface area contributed by atoms with Crippen LogP contribution in [0, 0.1) is 0 Å². The van der Waals surface area contributed by atoms with Crippen LogP contribution in [0.5, 0.6) is 0 Å². The van der Waals surface area contributed by atoms with Crippen LogP contribution in [0.15, 0.2) is 173 Å². The maximum atomic E-state index is 6.41. The third-order valence-electron chi connectivity index (χ3n) is 8.38. The van der Waals surface area contributed by atoms with Crippen LogP contribution in [-0.2, 0) is 0 Å². The lowest BCUT2D eigenvalue weighted by Crippen LogP contribution is -1.93. The van der Waals surface area contributed by atoms with Crippen LogP contribution in [0.3, 0.4) is 0 Å². The number of furan rings is 1. The van der Waals surface area contributed by atoms with Gasteiger partial charge in [-0.2, -0.15) is 0 Å². The lowest BCUT2D eigenvalue weighted by Gasteiger charge is -2.15. The summed E-state index contributed by atoms with van der Waals surface area (Å²) < 4.78 is 6.41. The molecule has 1 aromatic heterocycles. The van der Waals surface area contributed by atoms with Crippen molar-refractivity contribution < 1.29 is 4.42 Å². The molecule has 0 atom stereocenters. The fourth-order valence-electron chi connectivity index (χ4n) is 6.29. The van der Waals surface area contributed by atoms with Gasteiger partial charge in [-0.25, -0.2) is 0 Å². The molecular weight excluding hydrogens is 567 g/mol. The van der Waals surface area contributed by atoms with Crippen molar-refractivity contribution in [3.8, 4) is 44.5 Å². The van der Waals surface area contributed by atoms with E-state index in [0.29, 0.717) is 0 Å². The van der Waals surface area contributed by atoms with Crippen molar-refractivity contribution in [3.63, 3.8) is 0 Å². The monoisotopic (exact) mass is 595 g/mol. The molecule has 0 unspecified atom stereocenters. The van der Waals surface area contributed by atoms with Crippen LogP contribution >= 0.6 is 12.6 Å². The minimum Gasteiger partial charge on any atom is -0.456 e. The third kappa shape index (κ3) is 5.08. The second-order valence-electron chi connectivity index (χ2n) is 11.2. The van der Waals surface area contributed by atoms with Crippen LogP contribution in [0.1, 0.15) is 0 Å². The van der Waals surface area contributed by atoms with Gasteiger partial charge in [0, 0.05) is 21.5 Å². The topological polar surface area (TPSA) is 25.2 Å². The van der Waals surface area contributed by atoms with Crippen molar-refractivity contribution in [1.29, 1.82) is 0 Å². The van der Waals surface area contributed by atoms with Crippen molar-refractivity contribution in [2.45, 2.75) is 4.90 Å². The fraction of sp³-hybridized carbons (Fsp3) is 0. The quantitative estimate of drug-likeness (QED) is 0.187. The van der Waals surface area contributed by atoms with Gasteiger partial charge in [-0.15, -0.1) is 12.6 Å². The van der Waals surface area contributed by atoms with E-state index in [0.717, 1.165) is 71.6 Å². The number of fused-ring (bicyclic) bond motifs is 3. The summed E-state index contributed by atoms with van der Waals surface area (Å²) in [5.41, 5.74) is 13.0. The molecule has 0 saturated carbocycles. The first-order valence-corrected chi connectivity index (χ1v) is 15.5. The Morgan fingerprint density at radius 2 is 1.00 bits per heavy atom. The fourth-order valence-corrected chi connectivity index (χ4v) is 6.63.